The molecule has 2 aromatic rings. The molecule has 1 saturated heterocycles. The number of likely N-dealkylation sites (tertiary alicyclic amines) is 1. The number of benzene rings is 2. The summed E-state index contributed by atoms with van der Waals surface area (Å²) in [6, 6.07) is 15.1. The molecule has 1 unspecified atom stereocenters. The number of nitrogens with zero attached hydrogens (tertiary/aromatic N) is 2. The van der Waals surface area contributed by atoms with Crippen LogP contribution >= 0.6 is 0 Å². The number of rotatable bonds is 5. The minimum Gasteiger partial charge on any atom is -0.489 e. The Kier molecular flexibility index (Phi) is 5.86. The molecular formula is C26H30N2O3. The molecule has 5 nitrogen and oxygen atoms in total. The second kappa shape index (κ2) is 8.58. The van der Waals surface area contributed by atoms with Crippen molar-refractivity contribution in [2.45, 2.75) is 46.6 Å². The molecule has 2 aliphatic rings. The van der Waals surface area contributed by atoms with Crippen LogP contribution in [0.15, 0.2) is 54.2 Å². The highest BCUT2D eigenvalue weighted by molar-refractivity contribution is 6.45. The summed E-state index contributed by atoms with van der Waals surface area (Å²) in [7, 11) is 0. The fourth-order valence-electron chi connectivity index (χ4n) is 4.40. The van der Waals surface area contributed by atoms with Gasteiger partial charge in [0.25, 0.3) is 11.8 Å². The molecule has 0 aliphatic carbocycles. The molecule has 5 heteroatoms. The average Bonchev–Trinajstić information content (AvgIpc) is 2.99. The van der Waals surface area contributed by atoms with Gasteiger partial charge >= 0.3 is 0 Å². The van der Waals surface area contributed by atoms with Crippen LogP contribution in [0.25, 0.3) is 5.57 Å². The largest absolute Gasteiger partial charge is 0.489 e. The van der Waals surface area contributed by atoms with E-state index in [4.69, 9.17) is 4.74 Å². The second-order valence-corrected chi connectivity index (χ2v) is 8.86. The van der Waals surface area contributed by atoms with Crippen molar-refractivity contribution < 1.29 is 14.3 Å². The van der Waals surface area contributed by atoms with Crippen LogP contribution in [0.5, 0.6) is 5.75 Å². The molecular weight excluding hydrogens is 388 g/mol. The molecule has 0 bridgehead atoms. The summed E-state index contributed by atoms with van der Waals surface area (Å²) in [5.74, 6) is 0.459. The zero-order valence-corrected chi connectivity index (χ0v) is 18.7. The van der Waals surface area contributed by atoms with E-state index in [1.54, 1.807) is 6.07 Å². The van der Waals surface area contributed by atoms with E-state index >= 15 is 0 Å². The van der Waals surface area contributed by atoms with Crippen molar-refractivity contribution in [2.24, 2.45) is 5.92 Å². The zero-order chi connectivity index (χ0) is 22.1. The molecule has 0 spiro atoms. The summed E-state index contributed by atoms with van der Waals surface area (Å²) in [6.07, 6.45) is 2.09. The minimum atomic E-state index is -0.290. The first kappa shape index (κ1) is 21.2. The maximum atomic E-state index is 13.8. The predicted octanol–water partition coefficient (Wildman–Crippen LogP) is 4.80. The first-order chi connectivity index (χ1) is 14.9. The van der Waals surface area contributed by atoms with Crippen LogP contribution in [0.1, 0.15) is 44.7 Å². The van der Waals surface area contributed by atoms with Gasteiger partial charge in [0.1, 0.15) is 11.4 Å². The Morgan fingerprint density at radius 2 is 1.71 bits per heavy atom. The highest BCUT2D eigenvalue weighted by Gasteiger charge is 2.44. The van der Waals surface area contributed by atoms with Crippen LogP contribution in [0.2, 0.25) is 0 Å². The lowest BCUT2D eigenvalue weighted by Gasteiger charge is -2.33. The van der Waals surface area contributed by atoms with E-state index in [0.29, 0.717) is 28.6 Å². The van der Waals surface area contributed by atoms with Crippen molar-refractivity contribution in [3.63, 3.8) is 0 Å². The summed E-state index contributed by atoms with van der Waals surface area (Å²) < 4.78 is 5.93. The number of amides is 2. The smallest absolute Gasteiger partial charge is 0.282 e. The van der Waals surface area contributed by atoms with Gasteiger partial charge in [-0.05, 0) is 57.2 Å². The Bertz CT molecular complexity index is 1020. The lowest BCUT2D eigenvalue weighted by molar-refractivity contribution is -0.120. The van der Waals surface area contributed by atoms with Crippen LogP contribution < -0.4 is 9.64 Å². The lowest BCUT2D eigenvalue weighted by atomic mass is 9.97. The van der Waals surface area contributed by atoms with Gasteiger partial charge < -0.3 is 9.64 Å². The number of hydrogen-bond acceptors (Lipinski definition) is 4. The standard InChI is InChI=1S/C26H30N2O3/c1-17(2)31-22-10-6-5-9-21(22)28-25(29)23(20-13-11-18(3)12-14-20)24(26(28)30)27-15-7-8-19(4)16-27/h5-6,9-14,17,19H,7-8,15-16H2,1-4H3. The summed E-state index contributed by atoms with van der Waals surface area (Å²) in [5, 5.41) is 0. The van der Waals surface area contributed by atoms with E-state index in [1.807, 2.05) is 63.2 Å². The molecule has 0 radical (unpaired) electrons. The number of para-hydroxylation sites is 2. The average molecular weight is 419 g/mol. The molecule has 2 heterocycles. The van der Waals surface area contributed by atoms with E-state index in [1.165, 1.54) is 4.90 Å². The number of carbonyl (C=O) groups is 2. The number of imide groups is 1. The molecule has 2 aliphatic heterocycles. The maximum absolute atomic E-state index is 13.8. The van der Waals surface area contributed by atoms with E-state index in [9.17, 15) is 9.59 Å². The van der Waals surface area contributed by atoms with Gasteiger partial charge in [-0.3, -0.25) is 9.59 Å². The Hall–Kier alpha value is -3.08. The van der Waals surface area contributed by atoms with Gasteiger partial charge in [0.05, 0.1) is 17.4 Å². The van der Waals surface area contributed by atoms with E-state index in [0.717, 1.165) is 37.1 Å². The predicted molar refractivity (Wildman–Crippen MR) is 123 cm³/mol. The van der Waals surface area contributed by atoms with Gasteiger partial charge in [-0.25, -0.2) is 4.90 Å². The van der Waals surface area contributed by atoms with Gasteiger partial charge in [0, 0.05) is 13.1 Å². The molecule has 1 fully saturated rings. The number of ether oxygens (including phenoxy) is 1. The first-order valence-corrected chi connectivity index (χ1v) is 11.1. The summed E-state index contributed by atoms with van der Waals surface area (Å²) >= 11 is 0. The molecule has 4 rings (SSSR count). The maximum Gasteiger partial charge on any atom is 0.282 e. The third-order valence-corrected chi connectivity index (χ3v) is 5.84. The van der Waals surface area contributed by atoms with Crippen molar-refractivity contribution >= 4 is 23.1 Å². The number of aryl methyl sites for hydroxylation is 1. The van der Waals surface area contributed by atoms with Crippen molar-refractivity contribution in [1.82, 2.24) is 4.90 Å². The normalized spacial score (nSPS) is 19.6. The second-order valence-electron chi connectivity index (χ2n) is 8.86. The fraction of sp³-hybridized carbons (Fsp3) is 0.385. The third-order valence-electron chi connectivity index (χ3n) is 5.84. The van der Waals surface area contributed by atoms with E-state index < -0.39 is 0 Å². The Morgan fingerprint density at radius 1 is 1.00 bits per heavy atom. The molecule has 0 saturated carbocycles. The van der Waals surface area contributed by atoms with E-state index in [2.05, 4.69) is 11.8 Å². The molecule has 2 amide bonds. The third kappa shape index (κ3) is 4.09. The van der Waals surface area contributed by atoms with Gasteiger partial charge in [0.2, 0.25) is 0 Å². The topological polar surface area (TPSA) is 49.9 Å². The number of piperidine rings is 1. The van der Waals surface area contributed by atoms with Gasteiger partial charge in [-0.15, -0.1) is 0 Å². The lowest BCUT2D eigenvalue weighted by Crippen LogP contribution is -2.39. The van der Waals surface area contributed by atoms with Crippen molar-refractivity contribution in [2.75, 3.05) is 18.0 Å². The molecule has 0 N–H and O–H groups in total. The van der Waals surface area contributed by atoms with Crippen molar-refractivity contribution in [3.8, 4) is 5.75 Å². The SMILES string of the molecule is Cc1ccc(C2=C(N3CCCC(C)C3)C(=O)N(c3ccccc3OC(C)C)C2=O)cc1. The van der Waals surface area contributed by atoms with Gasteiger partial charge in [-0.2, -0.15) is 0 Å². The Balaban J connectivity index is 1.82. The molecule has 2 aromatic carbocycles. The van der Waals surface area contributed by atoms with Crippen LogP contribution in [0.4, 0.5) is 5.69 Å². The van der Waals surface area contributed by atoms with Crippen molar-refractivity contribution in [3.05, 3.63) is 65.4 Å². The number of carbonyl (C=O) groups excluding carboxylic acids is 2. The number of hydrogen-bond donors (Lipinski definition) is 0. The number of anilines is 1. The Morgan fingerprint density at radius 3 is 2.39 bits per heavy atom. The van der Waals surface area contributed by atoms with Crippen molar-refractivity contribution in [1.29, 1.82) is 0 Å². The van der Waals surface area contributed by atoms with Crippen LogP contribution in [-0.2, 0) is 9.59 Å². The fourth-order valence-corrected chi connectivity index (χ4v) is 4.40. The highest BCUT2D eigenvalue weighted by Crippen LogP contribution is 2.39. The van der Waals surface area contributed by atoms with Crippen LogP contribution in [0.3, 0.4) is 0 Å². The van der Waals surface area contributed by atoms with Crippen LogP contribution in [-0.4, -0.2) is 35.9 Å². The van der Waals surface area contributed by atoms with Gasteiger partial charge in [-0.1, -0.05) is 48.9 Å². The molecule has 162 valence electrons. The molecule has 31 heavy (non-hydrogen) atoms. The summed E-state index contributed by atoms with van der Waals surface area (Å²) in [4.78, 5) is 30.9. The molecule has 0 aromatic heterocycles. The van der Waals surface area contributed by atoms with Gasteiger partial charge in [0.15, 0.2) is 0 Å². The summed E-state index contributed by atoms with van der Waals surface area (Å²) in [6.45, 7) is 9.64. The first-order valence-electron chi connectivity index (χ1n) is 11.1. The zero-order valence-electron chi connectivity index (χ0n) is 18.7. The Labute approximate surface area is 184 Å². The van der Waals surface area contributed by atoms with Crippen LogP contribution in [0, 0.1) is 12.8 Å². The monoisotopic (exact) mass is 418 g/mol. The quantitative estimate of drug-likeness (QED) is 0.655. The minimum absolute atomic E-state index is 0.0686. The summed E-state index contributed by atoms with van der Waals surface area (Å²) in [5.41, 5.74) is 3.39. The highest BCUT2D eigenvalue weighted by atomic mass is 16.5. The molecule has 1 atom stereocenters. The van der Waals surface area contributed by atoms with E-state index in [-0.39, 0.29) is 17.9 Å².